The van der Waals surface area contributed by atoms with Gasteiger partial charge >= 0.3 is 5.69 Å². The summed E-state index contributed by atoms with van der Waals surface area (Å²) in [5, 5.41) is 0. The fourth-order valence-electron chi connectivity index (χ4n) is 0.437. The van der Waals surface area contributed by atoms with Crippen molar-refractivity contribution in [2.24, 2.45) is 0 Å². The molecular weight excluding hydrogens is 123 g/mol. The molecule has 0 aliphatic carbocycles. The molecule has 0 unspecified atom stereocenters. The van der Waals surface area contributed by atoms with Gasteiger partial charge in [-0.15, -0.1) is 0 Å². The van der Waals surface area contributed by atoms with Crippen LogP contribution >= 0.6 is 0 Å². The number of aromatic nitrogens is 2. The van der Waals surface area contributed by atoms with Gasteiger partial charge in [-0.2, -0.15) is 4.39 Å². The van der Waals surface area contributed by atoms with Crippen molar-refractivity contribution in [3.63, 3.8) is 0 Å². The summed E-state index contributed by atoms with van der Waals surface area (Å²) in [4.78, 5) is 15.4. The summed E-state index contributed by atoms with van der Waals surface area (Å²) in [6, 6.07) is 0. The van der Waals surface area contributed by atoms with Gasteiger partial charge in [0, 0.05) is 11.8 Å². The second-order valence-electron chi connectivity index (χ2n) is 1.69. The second-order valence-corrected chi connectivity index (χ2v) is 1.69. The lowest BCUT2D eigenvalue weighted by atomic mass is 10.4. The van der Waals surface area contributed by atoms with E-state index in [4.69, 9.17) is 0 Å². The van der Waals surface area contributed by atoms with Crippen LogP contribution in [0.15, 0.2) is 11.0 Å². The second kappa shape index (κ2) is 1.97. The van der Waals surface area contributed by atoms with Crippen molar-refractivity contribution in [3.8, 4) is 0 Å². The lowest BCUT2D eigenvalue weighted by Gasteiger charge is -1.89. The lowest BCUT2D eigenvalue weighted by Crippen LogP contribution is -2.11. The molecule has 0 amide bonds. The van der Waals surface area contributed by atoms with Crippen LogP contribution < -0.4 is 5.69 Å². The quantitative estimate of drug-likeness (QED) is 0.508. The van der Waals surface area contributed by atoms with Crippen molar-refractivity contribution in [1.82, 2.24) is 9.97 Å². The lowest BCUT2D eigenvalue weighted by molar-refractivity contribution is 0.563. The fraction of sp³-hybridized carbons (Fsp3) is 0.200. The molecule has 4 heteroatoms. The summed E-state index contributed by atoms with van der Waals surface area (Å²) in [6.45, 7) is 1.53. The molecule has 1 rings (SSSR count). The molecule has 0 aromatic carbocycles. The highest BCUT2D eigenvalue weighted by atomic mass is 19.1. The first kappa shape index (κ1) is 5.94. The maximum atomic E-state index is 12.3. The first-order chi connectivity index (χ1) is 4.20. The predicted molar refractivity (Wildman–Crippen MR) is 29.6 cm³/mol. The summed E-state index contributed by atoms with van der Waals surface area (Å²) >= 11 is 0. The molecule has 0 radical (unpaired) electrons. The number of H-pyrrole nitrogens is 1. The van der Waals surface area contributed by atoms with Gasteiger partial charge in [-0.3, -0.25) is 4.98 Å². The topological polar surface area (TPSA) is 45.8 Å². The molecule has 0 aliphatic heterocycles. The van der Waals surface area contributed by atoms with Gasteiger partial charge in [0.05, 0.1) is 0 Å². The largest absolute Gasteiger partial charge is 0.347 e. The highest BCUT2D eigenvalue weighted by Gasteiger charge is 1.94. The van der Waals surface area contributed by atoms with E-state index in [-0.39, 0.29) is 0 Å². The zero-order valence-corrected chi connectivity index (χ0v) is 4.81. The van der Waals surface area contributed by atoms with Crippen LogP contribution in [0.1, 0.15) is 5.56 Å². The Morgan fingerprint density at radius 2 is 2.44 bits per heavy atom. The van der Waals surface area contributed by atoms with Crippen LogP contribution in [0, 0.1) is 12.9 Å². The fourth-order valence-corrected chi connectivity index (χ4v) is 0.437. The summed E-state index contributed by atoms with van der Waals surface area (Å²) < 4.78 is 12.3. The number of nitrogens with zero attached hydrogens (tertiary/aromatic N) is 1. The number of aryl methyl sites for hydroxylation is 1. The molecule has 0 saturated carbocycles. The number of halogens is 1. The van der Waals surface area contributed by atoms with E-state index in [9.17, 15) is 9.18 Å². The van der Waals surface area contributed by atoms with Crippen molar-refractivity contribution in [1.29, 1.82) is 0 Å². The Morgan fingerprint density at radius 1 is 1.78 bits per heavy atom. The highest BCUT2D eigenvalue weighted by molar-refractivity contribution is 5.00. The van der Waals surface area contributed by atoms with E-state index in [2.05, 4.69) is 4.98 Å². The van der Waals surface area contributed by atoms with Crippen LogP contribution in [0.4, 0.5) is 4.39 Å². The van der Waals surface area contributed by atoms with Gasteiger partial charge < -0.3 is 0 Å². The van der Waals surface area contributed by atoms with Gasteiger partial charge in [0.25, 0.3) is 0 Å². The van der Waals surface area contributed by atoms with Crippen molar-refractivity contribution in [2.45, 2.75) is 6.92 Å². The maximum Gasteiger partial charge on any atom is 0.347 e. The van der Waals surface area contributed by atoms with Crippen LogP contribution in [-0.4, -0.2) is 9.97 Å². The maximum absolute atomic E-state index is 12.3. The van der Waals surface area contributed by atoms with Crippen LogP contribution in [0.5, 0.6) is 0 Å². The summed E-state index contributed by atoms with van der Waals surface area (Å²) in [5.41, 5.74) is -0.312. The van der Waals surface area contributed by atoms with E-state index in [0.29, 0.717) is 5.56 Å². The molecule has 0 aliphatic rings. The third kappa shape index (κ3) is 1.13. The molecule has 0 saturated heterocycles. The standard InChI is InChI=1S/C5H5FN2O/c1-3-2-7-5(9)8-4(3)6/h2H,1H3,(H,7,8,9). The first-order valence-corrected chi connectivity index (χ1v) is 2.41. The molecule has 1 aromatic heterocycles. The molecule has 1 heterocycles. The average molecular weight is 128 g/mol. The van der Waals surface area contributed by atoms with Crippen LogP contribution in [-0.2, 0) is 0 Å². The van der Waals surface area contributed by atoms with Gasteiger partial charge in [0.1, 0.15) is 0 Å². The Morgan fingerprint density at radius 3 is 2.89 bits per heavy atom. The van der Waals surface area contributed by atoms with Crippen LogP contribution in [0.2, 0.25) is 0 Å². The normalized spacial score (nSPS) is 9.56. The molecule has 0 fully saturated rings. The van der Waals surface area contributed by atoms with Crippen molar-refractivity contribution in [2.75, 3.05) is 0 Å². The molecule has 9 heavy (non-hydrogen) atoms. The van der Waals surface area contributed by atoms with Gasteiger partial charge in [-0.1, -0.05) is 0 Å². The molecule has 1 aromatic rings. The Kier molecular flexibility index (Phi) is 1.30. The summed E-state index contributed by atoms with van der Waals surface area (Å²) in [7, 11) is 0. The number of hydrogen-bond donors (Lipinski definition) is 1. The smallest absolute Gasteiger partial charge is 0.282 e. The monoisotopic (exact) mass is 128 g/mol. The number of aromatic amines is 1. The molecule has 0 spiro atoms. The Bertz CT molecular complexity index is 268. The van der Waals surface area contributed by atoms with Gasteiger partial charge in [-0.05, 0) is 6.92 Å². The number of nitrogens with one attached hydrogen (secondary N) is 1. The van der Waals surface area contributed by atoms with Gasteiger partial charge in [-0.25, -0.2) is 9.78 Å². The van der Waals surface area contributed by atoms with E-state index in [1.165, 1.54) is 13.1 Å². The zero-order chi connectivity index (χ0) is 6.85. The number of rotatable bonds is 0. The highest BCUT2D eigenvalue weighted by Crippen LogP contribution is 1.93. The van der Waals surface area contributed by atoms with Crippen LogP contribution in [0.25, 0.3) is 0 Å². The predicted octanol–water partition coefficient (Wildman–Crippen LogP) is 0.217. The molecule has 1 N–H and O–H groups in total. The molecule has 0 atom stereocenters. The summed E-state index contributed by atoms with van der Waals surface area (Å²) in [6.07, 6.45) is 1.19. The molecule has 48 valence electrons. The van der Waals surface area contributed by atoms with E-state index >= 15 is 0 Å². The van der Waals surface area contributed by atoms with E-state index in [0.717, 1.165) is 0 Å². The number of hydrogen-bond acceptors (Lipinski definition) is 2. The molecular formula is C5H5FN2O. The van der Waals surface area contributed by atoms with Crippen molar-refractivity contribution < 1.29 is 4.39 Å². The Balaban J connectivity index is 3.34. The van der Waals surface area contributed by atoms with E-state index in [1.54, 1.807) is 0 Å². The third-order valence-electron chi connectivity index (χ3n) is 0.938. The van der Waals surface area contributed by atoms with E-state index in [1.807, 2.05) is 4.98 Å². The zero-order valence-electron chi connectivity index (χ0n) is 4.81. The molecule has 3 nitrogen and oxygen atoms in total. The first-order valence-electron chi connectivity index (χ1n) is 2.41. The van der Waals surface area contributed by atoms with Crippen LogP contribution in [0.3, 0.4) is 0 Å². The average Bonchev–Trinajstić information content (AvgIpc) is 1.80. The molecule has 0 bridgehead atoms. The Labute approximate surface area is 50.6 Å². The third-order valence-corrected chi connectivity index (χ3v) is 0.938. The Hall–Kier alpha value is -1.19. The van der Waals surface area contributed by atoms with Gasteiger partial charge in [0.2, 0.25) is 0 Å². The van der Waals surface area contributed by atoms with Gasteiger partial charge in [0.15, 0.2) is 5.95 Å². The summed E-state index contributed by atoms with van der Waals surface area (Å²) in [5.74, 6) is -0.616. The minimum atomic E-state index is -0.655. The van der Waals surface area contributed by atoms with Crippen molar-refractivity contribution in [3.05, 3.63) is 28.2 Å². The SMILES string of the molecule is Cc1cnc(=O)[nH]c1F. The minimum absolute atomic E-state index is 0.342. The van der Waals surface area contributed by atoms with E-state index < -0.39 is 11.6 Å². The minimum Gasteiger partial charge on any atom is -0.282 e. The van der Waals surface area contributed by atoms with Crippen molar-refractivity contribution >= 4 is 0 Å².